The van der Waals surface area contributed by atoms with Crippen molar-refractivity contribution in [2.24, 2.45) is 17.1 Å². The van der Waals surface area contributed by atoms with Crippen LogP contribution in [0.4, 0.5) is 0 Å². The van der Waals surface area contributed by atoms with Gasteiger partial charge >= 0.3 is 0 Å². The predicted molar refractivity (Wildman–Crippen MR) is 72.6 cm³/mol. The molecule has 1 saturated carbocycles. The molecule has 0 aliphatic heterocycles. The Morgan fingerprint density at radius 2 is 1.94 bits per heavy atom. The van der Waals surface area contributed by atoms with Gasteiger partial charge in [-0.25, -0.2) is 0 Å². The van der Waals surface area contributed by atoms with Gasteiger partial charge in [0, 0.05) is 0 Å². The molecule has 2 N–H and O–H groups in total. The molecule has 3 rings (SSSR count). The van der Waals surface area contributed by atoms with Crippen molar-refractivity contribution in [2.45, 2.75) is 32.1 Å². The number of fused-ring (bicyclic) bond motifs is 1. The zero-order valence-corrected chi connectivity index (χ0v) is 10.4. The molecule has 1 spiro atoms. The molecule has 1 aromatic rings. The Hall–Kier alpha value is -1.08. The summed E-state index contributed by atoms with van der Waals surface area (Å²) < 4.78 is 0. The first-order valence-corrected chi connectivity index (χ1v) is 6.73. The van der Waals surface area contributed by atoms with Crippen LogP contribution in [0.15, 0.2) is 30.8 Å². The van der Waals surface area contributed by atoms with E-state index in [4.69, 9.17) is 5.73 Å². The molecule has 0 bridgehead atoms. The van der Waals surface area contributed by atoms with Gasteiger partial charge in [-0.2, -0.15) is 0 Å². The zero-order chi connectivity index (χ0) is 11.9. The number of allylic oxidation sites excluding steroid dienone is 1. The van der Waals surface area contributed by atoms with Gasteiger partial charge < -0.3 is 5.73 Å². The monoisotopic (exact) mass is 227 g/mol. The highest BCUT2D eigenvalue weighted by molar-refractivity contribution is 5.75. The first-order chi connectivity index (χ1) is 8.25. The largest absolute Gasteiger partial charge is 0.330 e. The molecule has 0 heterocycles. The van der Waals surface area contributed by atoms with Crippen LogP contribution in [0, 0.1) is 11.3 Å². The highest BCUT2D eigenvalue weighted by Crippen LogP contribution is 2.54. The number of benzene rings is 1. The second kappa shape index (κ2) is 3.99. The molecule has 0 atom stereocenters. The number of rotatable bonds is 1. The summed E-state index contributed by atoms with van der Waals surface area (Å²) in [5.41, 5.74) is 10.5. The average molecular weight is 227 g/mol. The predicted octanol–water partition coefficient (Wildman–Crippen LogP) is 3.39. The average Bonchev–Trinajstić information content (AvgIpc) is 2.65. The van der Waals surface area contributed by atoms with Crippen LogP contribution < -0.4 is 5.73 Å². The Labute approximate surface area is 104 Å². The fourth-order valence-electron chi connectivity index (χ4n) is 3.67. The van der Waals surface area contributed by atoms with Gasteiger partial charge in [0.2, 0.25) is 0 Å². The fraction of sp³-hybridized carbons (Fsp3) is 0.500. The molecule has 1 aromatic carbocycles. The van der Waals surface area contributed by atoms with Crippen molar-refractivity contribution < 1.29 is 0 Å². The first kappa shape index (κ1) is 11.0. The van der Waals surface area contributed by atoms with Crippen molar-refractivity contribution in [1.82, 2.24) is 0 Å². The molecule has 1 heteroatoms. The standard InChI is InChI=1S/C16H21N/c1-12-15-5-3-2-4-14(15)10-16(12)8-6-13(11-17)7-9-16/h2-5,13H,1,6-11,17H2. The normalized spacial score (nSPS) is 31.8. The third-order valence-electron chi connectivity index (χ3n) is 4.91. The van der Waals surface area contributed by atoms with Crippen molar-refractivity contribution in [3.8, 4) is 0 Å². The Kier molecular flexibility index (Phi) is 2.59. The van der Waals surface area contributed by atoms with Gasteiger partial charge in [-0.1, -0.05) is 30.8 Å². The summed E-state index contributed by atoms with van der Waals surface area (Å²) in [5, 5.41) is 0. The lowest BCUT2D eigenvalue weighted by molar-refractivity contribution is 0.222. The summed E-state index contributed by atoms with van der Waals surface area (Å²) in [6, 6.07) is 8.79. The van der Waals surface area contributed by atoms with E-state index in [1.54, 1.807) is 0 Å². The van der Waals surface area contributed by atoms with Gasteiger partial charge in [0.15, 0.2) is 0 Å². The van der Waals surface area contributed by atoms with Crippen LogP contribution in [0.3, 0.4) is 0 Å². The number of nitrogens with two attached hydrogens (primary N) is 1. The Morgan fingerprint density at radius 3 is 2.59 bits per heavy atom. The summed E-state index contributed by atoms with van der Waals surface area (Å²) in [6.07, 6.45) is 6.33. The quantitative estimate of drug-likeness (QED) is 0.782. The summed E-state index contributed by atoms with van der Waals surface area (Å²) in [7, 11) is 0. The smallest absolute Gasteiger partial charge is 0.000605 e. The van der Waals surface area contributed by atoms with E-state index in [1.807, 2.05) is 0 Å². The molecule has 0 amide bonds. The van der Waals surface area contributed by atoms with E-state index in [0.717, 1.165) is 12.5 Å². The van der Waals surface area contributed by atoms with Gasteiger partial charge in [0.25, 0.3) is 0 Å². The van der Waals surface area contributed by atoms with Gasteiger partial charge in [0.05, 0.1) is 0 Å². The molecular formula is C16H21N. The SMILES string of the molecule is C=C1c2ccccc2CC12CCC(CN)CC2. The van der Waals surface area contributed by atoms with E-state index in [9.17, 15) is 0 Å². The molecular weight excluding hydrogens is 206 g/mol. The lowest BCUT2D eigenvalue weighted by Crippen LogP contribution is -2.30. The molecule has 17 heavy (non-hydrogen) atoms. The minimum Gasteiger partial charge on any atom is -0.330 e. The van der Waals surface area contributed by atoms with Crippen molar-refractivity contribution in [1.29, 1.82) is 0 Å². The Balaban J connectivity index is 1.86. The lowest BCUT2D eigenvalue weighted by Gasteiger charge is -2.38. The van der Waals surface area contributed by atoms with Crippen molar-refractivity contribution in [3.63, 3.8) is 0 Å². The van der Waals surface area contributed by atoms with Gasteiger partial charge in [0.1, 0.15) is 0 Å². The van der Waals surface area contributed by atoms with Crippen LogP contribution >= 0.6 is 0 Å². The third-order valence-corrected chi connectivity index (χ3v) is 4.91. The van der Waals surface area contributed by atoms with E-state index in [2.05, 4.69) is 30.8 Å². The fourth-order valence-corrected chi connectivity index (χ4v) is 3.67. The van der Waals surface area contributed by atoms with Gasteiger partial charge in [-0.05, 0) is 66.7 Å². The van der Waals surface area contributed by atoms with Crippen molar-refractivity contribution >= 4 is 5.57 Å². The van der Waals surface area contributed by atoms with E-state index in [-0.39, 0.29) is 0 Å². The van der Waals surface area contributed by atoms with E-state index >= 15 is 0 Å². The number of hydrogen-bond acceptors (Lipinski definition) is 1. The van der Waals surface area contributed by atoms with Crippen LogP contribution in [-0.4, -0.2) is 6.54 Å². The summed E-state index contributed by atoms with van der Waals surface area (Å²) in [5.74, 6) is 0.747. The maximum atomic E-state index is 5.79. The topological polar surface area (TPSA) is 26.0 Å². The molecule has 0 saturated heterocycles. The van der Waals surface area contributed by atoms with Gasteiger partial charge in [-0.15, -0.1) is 0 Å². The Morgan fingerprint density at radius 1 is 1.24 bits per heavy atom. The van der Waals surface area contributed by atoms with Crippen LogP contribution in [-0.2, 0) is 6.42 Å². The molecule has 1 nitrogen and oxygen atoms in total. The third kappa shape index (κ3) is 1.64. The second-order valence-corrected chi connectivity index (χ2v) is 5.77. The van der Waals surface area contributed by atoms with Gasteiger partial charge in [-0.3, -0.25) is 0 Å². The molecule has 0 aromatic heterocycles. The Bertz CT molecular complexity index is 439. The minimum absolute atomic E-state index is 0.370. The van der Waals surface area contributed by atoms with E-state index in [0.29, 0.717) is 5.41 Å². The van der Waals surface area contributed by atoms with Crippen molar-refractivity contribution in [3.05, 3.63) is 42.0 Å². The minimum atomic E-state index is 0.370. The van der Waals surface area contributed by atoms with E-state index in [1.165, 1.54) is 48.8 Å². The molecule has 0 radical (unpaired) electrons. The molecule has 1 fully saturated rings. The zero-order valence-electron chi connectivity index (χ0n) is 10.4. The molecule has 0 unspecified atom stereocenters. The summed E-state index contributed by atoms with van der Waals surface area (Å²) in [4.78, 5) is 0. The van der Waals surface area contributed by atoms with Crippen LogP contribution in [0.1, 0.15) is 36.8 Å². The maximum Gasteiger partial charge on any atom is -0.000605 e. The van der Waals surface area contributed by atoms with Crippen LogP contribution in [0.2, 0.25) is 0 Å². The first-order valence-electron chi connectivity index (χ1n) is 6.73. The number of hydrogen-bond donors (Lipinski definition) is 1. The van der Waals surface area contributed by atoms with Crippen molar-refractivity contribution in [2.75, 3.05) is 6.54 Å². The van der Waals surface area contributed by atoms with E-state index < -0.39 is 0 Å². The second-order valence-electron chi connectivity index (χ2n) is 5.77. The van der Waals surface area contributed by atoms with Crippen LogP contribution in [0.5, 0.6) is 0 Å². The summed E-state index contributed by atoms with van der Waals surface area (Å²) in [6.45, 7) is 5.25. The maximum absolute atomic E-state index is 5.79. The highest BCUT2D eigenvalue weighted by atomic mass is 14.6. The molecule has 2 aliphatic carbocycles. The highest BCUT2D eigenvalue weighted by Gasteiger charge is 2.42. The van der Waals surface area contributed by atoms with Crippen LogP contribution in [0.25, 0.3) is 5.57 Å². The lowest BCUT2D eigenvalue weighted by atomic mass is 9.67. The summed E-state index contributed by atoms with van der Waals surface area (Å²) >= 11 is 0. The molecule has 2 aliphatic rings. The molecule has 90 valence electrons.